The molecule has 0 N–H and O–H groups in total. The van der Waals surface area contributed by atoms with E-state index in [0.29, 0.717) is 12.1 Å². The highest BCUT2D eigenvalue weighted by Gasteiger charge is 2.21. The molecular formula is C11H22ClNOS. The average molecular weight is 252 g/mol. The van der Waals surface area contributed by atoms with Gasteiger partial charge in [0.25, 0.3) is 0 Å². The number of thioether (sulfide) groups is 1. The minimum atomic E-state index is 0.418. The fourth-order valence-electron chi connectivity index (χ4n) is 1.68. The minimum absolute atomic E-state index is 0.418. The third-order valence-electron chi connectivity index (χ3n) is 2.63. The molecule has 0 bridgehead atoms. The lowest BCUT2D eigenvalue weighted by atomic mass is 10.2. The van der Waals surface area contributed by atoms with Gasteiger partial charge in [-0.3, -0.25) is 4.90 Å². The van der Waals surface area contributed by atoms with Crippen LogP contribution in [0.3, 0.4) is 0 Å². The smallest absolute Gasteiger partial charge is 0.0792 e. The largest absolute Gasteiger partial charge is 0.375 e. The molecule has 1 atom stereocenters. The molecule has 0 spiro atoms. The lowest BCUT2D eigenvalue weighted by molar-refractivity contribution is -0.0265. The van der Waals surface area contributed by atoms with Gasteiger partial charge in [-0.2, -0.15) is 11.8 Å². The first kappa shape index (κ1) is 13.6. The van der Waals surface area contributed by atoms with E-state index < -0.39 is 0 Å². The summed E-state index contributed by atoms with van der Waals surface area (Å²) in [7, 11) is 0. The molecule has 0 amide bonds. The van der Waals surface area contributed by atoms with Crippen molar-refractivity contribution in [2.75, 3.05) is 37.1 Å². The fraction of sp³-hybridized carbons (Fsp3) is 1.00. The van der Waals surface area contributed by atoms with Gasteiger partial charge >= 0.3 is 0 Å². The second-order valence-corrected chi connectivity index (χ2v) is 5.73. The van der Waals surface area contributed by atoms with Crippen LogP contribution in [0, 0.1) is 0 Å². The summed E-state index contributed by atoms with van der Waals surface area (Å²) in [5.74, 6) is 3.04. The van der Waals surface area contributed by atoms with E-state index >= 15 is 0 Å². The predicted octanol–water partition coefficient (Wildman–Crippen LogP) is 2.46. The van der Waals surface area contributed by atoms with E-state index in [1.165, 1.54) is 0 Å². The maximum absolute atomic E-state index is 5.74. The van der Waals surface area contributed by atoms with Gasteiger partial charge < -0.3 is 4.74 Å². The monoisotopic (exact) mass is 251 g/mol. The van der Waals surface area contributed by atoms with Crippen LogP contribution < -0.4 is 0 Å². The quantitative estimate of drug-likeness (QED) is 0.532. The van der Waals surface area contributed by atoms with Crippen LogP contribution in [0.2, 0.25) is 0 Å². The molecule has 4 heteroatoms. The zero-order chi connectivity index (χ0) is 11.1. The summed E-state index contributed by atoms with van der Waals surface area (Å²) < 4.78 is 5.74. The molecule has 0 aromatic rings. The molecule has 1 heterocycles. The molecule has 0 saturated carbocycles. The summed E-state index contributed by atoms with van der Waals surface area (Å²) in [5.41, 5.74) is 0. The maximum atomic E-state index is 5.74. The summed E-state index contributed by atoms with van der Waals surface area (Å²) in [6.07, 6.45) is 1.52. The maximum Gasteiger partial charge on any atom is 0.0792 e. The van der Waals surface area contributed by atoms with Gasteiger partial charge in [-0.25, -0.2) is 0 Å². The molecule has 90 valence electrons. The van der Waals surface area contributed by atoms with Gasteiger partial charge in [0.05, 0.1) is 12.7 Å². The first-order valence-corrected chi connectivity index (χ1v) is 7.42. The van der Waals surface area contributed by atoms with Gasteiger partial charge in [0, 0.05) is 30.8 Å². The Hall–Kier alpha value is 0.560. The van der Waals surface area contributed by atoms with Crippen LogP contribution in [-0.4, -0.2) is 54.1 Å². The SMILES string of the molecule is CC(C)N1CCOC(CSCCCCl)C1. The number of alkyl halides is 1. The Bertz CT molecular complexity index is 169. The van der Waals surface area contributed by atoms with E-state index in [9.17, 15) is 0 Å². The van der Waals surface area contributed by atoms with Crippen molar-refractivity contribution < 1.29 is 4.74 Å². The van der Waals surface area contributed by atoms with Gasteiger partial charge in [0.2, 0.25) is 0 Å². The van der Waals surface area contributed by atoms with Crippen molar-refractivity contribution in [1.82, 2.24) is 4.90 Å². The first-order chi connectivity index (χ1) is 7.24. The van der Waals surface area contributed by atoms with Gasteiger partial charge in [-0.15, -0.1) is 11.6 Å². The van der Waals surface area contributed by atoms with E-state index in [1.54, 1.807) is 0 Å². The number of hydrogen-bond donors (Lipinski definition) is 0. The third kappa shape index (κ3) is 5.43. The van der Waals surface area contributed by atoms with Gasteiger partial charge in [-0.1, -0.05) is 0 Å². The molecule has 1 aliphatic rings. The third-order valence-corrected chi connectivity index (χ3v) is 4.08. The summed E-state index contributed by atoms with van der Waals surface area (Å²) in [4.78, 5) is 2.50. The summed E-state index contributed by atoms with van der Waals surface area (Å²) in [5, 5.41) is 0. The van der Waals surface area contributed by atoms with Crippen LogP contribution in [0.1, 0.15) is 20.3 Å². The Balaban J connectivity index is 2.13. The molecule has 2 nitrogen and oxygen atoms in total. The van der Waals surface area contributed by atoms with Crippen LogP contribution in [-0.2, 0) is 4.74 Å². The van der Waals surface area contributed by atoms with E-state index in [4.69, 9.17) is 16.3 Å². The van der Waals surface area contributed by atoms with Gasteiger partial charge in [0.15, 0.2) is 0 Å². The van der Waals surface area contributed by atoms with E-state index in [-0.39, 0.29) is 0 Å². The van der Waals surface area contributed by atoms with E-state index in [0.717, 1.165) is 43.5 Å². The Morgan fingerprint density at radius 3 is 3.00 bits per heavy atom. The van der Waals surface area contributed by atoms with Gasteiger partial charge in [0.1, 0.15) is 0 Å². The predicted molar refractivity (Wildman–Crippen MR) is 69.1 cm³/mol. The second kappa shape index (κ2) is 7.77. The van der Waals surface area contributed by atoms with Crippen LogP contribution in [0.4, 0.5) is 0 Å². The highest BCUT2D eigenvalue weighted by molar-refractivity contribution is 7.99. The van der Waals surface area contributed by atoms with Crippen molar-refractivity contribution in [2.45, 2.75) is 32.4 Å². The highest BCUT2D eigenvalue weighted by atomic mass is 35.5. The molecule has 1 fully saturated rings. The standard InChI is InChI=1S/C11H22ClNOS/c1-10(2)13-5-6-14-11(8-13)9-15-7-3-4-12/h10-11H,3-9H2,1-2H3. The van der Waals surface area contributed by atoms with Crippen molar-refractivity contribution in [3.05, 3.63) is 0 Å². The molecule has 15 heavy (non-hydrogen) atoms. The topological polar surface area (TPSA) is 12.5 Å². The number of nitrogens with zero attached hydrogens (tertiary/aromatic N) is 1. The Kier molecular flexibility index (Phi) is 7.06. The van der Waals surface area contributed by atoms with Gasteiger partial charge in [-0.05, 0) is 26.0 Å². The Morgan fingerprint density at radius 1 is 1.53 bits per heavy atom. The number of ether oxygens (including phenoxy) is 1. The normalized spacial score (nSPS) is 23.6. The lowest BCUT2D eigenvalue weighted by Crippen LogP contribution is -2.46. The molecular weight excluding hydrogens is 230 g/mol. The van der Waals surface area contributed by atoms with E-state index in [1.807, 2.05) is 11.8 Å². The number of halogens is 1. The van der Waals surface area contributed by atoms with Crippen LogP contribution in [0.15, 0.2) is 0 Å². The summed E-state index contributed by atoms with van der Waals surface area (Å²) >= 11 is 7.60. The molecule has 0 aromatic carbocycles. The molecule has 0 aromatic heterocycles. The summed E-state index contributed by atoms with van der Waals surface area (Å²) in [6, 6.07) is 0.643. The molecule has 0 radical (unpaired) electrons. The number of hydrogen-bond acceptors (Lipinski definition) is 3. The zero-order valence-electron chi connectivity index (χ0n) is 9.75. The van der Waals surface area contributed by atoms with Crippen molar-refractivity contribution in [2.24, 2.45) is 0 Å². The number of rotatable bonds is 6. The lowest BCUT2D eigenvalue weighted by Gasteiger charge is -2.35. The molecule has 1 saturated heterocycles. The highest BCUT2D eigenvalue weighted by Crippen LogP contribution is 2.14. The van der Waals surface area contributed by atoms with Crippen LogP contribution in [0.25, 0.3) is 0 Å². The average Bonchev–Trinajstić information content (AvgIpc) is 2.25. The molecule has 1 aliphatic heterocycles. The zero-order valence-corrected chi connectivity index (χ0v) is 11.3. The van der Waals surface area contributed by atoms with Crippen molar-refractivity contribution in [3.8, 4) is 0 Å². The van der Waals surface area contributed by atoms with E-state index in [2.05, 4.69) is 18.7 Å². The Morgan fingerprint density at radius 2 is 2.33 bits per heavy atom. The molecule has 1 rings (SSSR count). The first-order valence-electron chi connectivity index (χ1n) is 5.73. The molecule has 0 aliphatic carbocycles. The summed E-state index contributed by atoms with van der Waals surface area (Å²) in [6.45, 7) is 7.57. The van der Waals surface area contributed by atoms with Crippen LogP contribution >= 0.6 is 23.4 Å². The van der Waals surface area contributed by atoms with Crippen molar-refractivity contribution in [1.29, 1.82) is 0 Å². The Labute approximate surface area is 103 Å². The molecule has 1 unspecified atom stereocenters. The van der Waals surface area contributed by atoms with Crippen molar-refractivity contribution >= 4 is 23.4 Å². The number of morpholine rings is 1. The fourth-order valence-corrected chi connectivity index (χ4v) is 2.96. The van der Waals surface area contributed by atoms with Crippen molar-refractivity contribution in [3.63, 3.8) is 0 Å². The second-order valence-electron chi connectivity index (χ2n) is 4.20. The van der Waals surface area contributed by atoms with Crippen LogP contribution in [0.5, 0.6) is 0 Å². The minimum Gasteiger partial charge on any atom is -0.375 e.